The number of alkyl halides is 2. The second-order valence-corrected chi connectivity index (χ2v) is 9.92. The number of rotatable bonds is 3. The molecule has 7 rings (SSSR count). The van der Waals surface area contributed by atoms with E-state index in [9.17, 15) is 18.7 Å². The maximum Gasteiger partial charge on any atom is 0.387 e. The van der Waals surface area contributed by atoms with Gasteiger partial charge in [-0.1, -0.05) is 6.07 Å². The van der Waals surface area contributed by atoms with E-state index in [2.05, 4.69) is 9.97 Å². The van der Waals surface area contributed by atoms with Crippen LogP contribution >= 0.6 is 0 Å². The number of nitrogens with zero attached hydrogens (tertiary/aromatic N) is 5. The summed E-state index contributed by atoms with van der Waals surface area (Å²) in [6.45, 7) is -4.21. The first-order chi connectivity index (χ1) is 18.9. The number of pyridine rings is 2. The standard InChI is InChI=1S/C27H23F2N5O3/c1-27(36)9-8-13-10-14(12-30-22(13)27)16-6-7-17-23(31-16)34-18-11-19(24(34)32-17)33(2)25(35)15-4-3-5-20(21(15)18)37-26(28)29/h3-7,10,12,18-19,26,36H,8-9,11H2,1-2H3/t18-,19-,27?/m1/s1/i2D3. The molecule has 0 fully saturated rings. The van der Waals surface area contributed by atoms with E-state index in [1.165, 1.54) is 18.2 Å². The van der Waals surface area contributed by atoms with Crippen molar-refractivity contribution >= 4 is 17.1 Å². The monoisotopic (exact) mass is 506 g/mol. The van der Waals surface area contributed by atoms with Crippen LogP contribution in [0.25, 0.3) is 22.4 Å². The minimum atomic E-state index is -3.14. The third-order valence-electron chi connectivity index (χ3n) is 7.65. The van der Waals surface area contributed by atoms with Gasteiger partial charge in [0.05, 0.1) is 23.5 Å². The molecule has 0 saturated heterocycles. The number of hydrogen-bond donors (Lipinski definition) is 1. The fourth-order valence-electron chi connectivity index (χ4n) is 5.95. The zero-order valence-corrected chi connectivity index (χ0v) is 19.7. The van der Waals surface area contributed by atoms with E-state index >= 15 is 0 Å². The van der Waals surface area contributed by atoms with Crippen LogP contribution < -0.4 is 4.74 Å². The van der Waals surface area contributed by atoms with Gasteiger partial charge in [0.25, 0.3) is 5.91 Å². The van der Waals surface area contributed by atoms with Gasteiger partial charge in [-0.25, -0.2) is 9.97 Å². The number of aromatic nitrogens is 4. The second kappa shape index (κ2) is 7.55. The summed E-state index contributed by atoms with van der Waals surface area (Å²) in [5, 5.41) is 10.6. The summed E-state index contributed by atoms with van der Waals surface area (Å²) in [6, 6.07) is 7.99. The van der Waals surface area contributed by atoms with Gasteiger partial charge in [-0.15, -0.1) is 0 Å². The van der Waals surface area contributed by atoms with Gasteiger partial charge in [0.15, 0.2) is 5.65 Å². The molecule has 4 aromatic rings. The lowest BCUT2D eigenvalue weighted by atomic mass is 9.98. The molecular weight excluding hydrogens is 480 g/mol. The number of imidazole rings is 1. The smallest absolute Gasteiger partial charge is 0.387 e. The van der Waals surface area contributed by atoms with Crippen LogP contribution in [0.2, 0.25) is 0 Å². The molecule has 0 radical (unpaired) electrons. The van der Waals surface area contributed by atoms with Gasteiger partial charge in [0.1, 0.15) is 22.7 Å². The van der Waals surface area contributed by atoms with Gasteiger partial charge >= 0.3 is 6.61 Å². The highest BCUT2D eigenvalue weighted by Gasteiger charge is 2.45. The van der Waals surface area contributed by atoms with Gasteiger partial charge in [-0.2, -0.15) is 8.78 Å². The number of carbonyl (C=O) groups is 1. The molecule has 3 aromatic heterocycles. The maximum atomic E-state index is 13.6. The number of benzene rings is 1. The van der Waals surface area contributed by atoms with Gasteiger partial charge < -0.3 is 19.3 Å². The number of amides is 1. The summed E-state index contributed by atoms with van der Waals surface area (Å²) < 4.78 is 57.8. The molecule has 10 heteroatoms. The Kier molecular flexibility index (Phi) is 3.92. The Labute approximate surface area is 214 Å². The lowest BCUT2D eigenvalue weighted by molar-refractivity contribution is -0.0507. The minimum Gasteiger partial charge on any atom is -0.434 e. The van der Waals surface area contributed by atoms with E-state index in [1.807, 2.05) is 6.07 Å². The second-order valence-electron chi connectivity index (χ2n) is 9.92. The summed E-state index contributed by atoms with van der Waals surface area (Å²) in [5.74, 6) is -0.679. The first-order valence-corrected chi connectivity index (χ1v) is 12.0. The molecule has 37 heavy (non-hydrogen) atoms. The van der Waals surface area contributed by atoms with Gasteiger partial charge in [0.2, 0.25) is 0 Å². The molecule has 1 aromatic carbocycles. The quantitative estimate of drug-likeness (QED) is 0.444. The van der Waals surface area contributed by atoms with Crippen molar-refractivity contribution in [1.82, 2.24) is 24.4 Å². The molecule has 2 aliphatic heterocycles. The molecule has 3 atom stereocenters. The number of ether oxygens (including phenoxy) is 1. The molecular formula is C27H23F2N5O3. The number of halogens is 2. The van der Waals surface area contributed by atoms with Crippen molar-refractivity contribution in [2.45, 2.75) is 50.5 Å². The summed E-state index contributed by atoms with van der Waals surface area (Å²) >= 11 is 0. The molecule has 8 nitrogen and oxygen atoms in total. The van der Waals surface area contributed by atoms with Crippen molar-refractivity contribution in [3.63, 3.8) is 0 Å². The van der Waals surface area contributed by atoms with E-state index < -0.39 is 37.2 Å². The number of aryl methyl sites for hydroxylation is 1. The Bertz CT molecular complexity index is 1720. The van der Waals surface area contributed by atoms with Crippen molar-refractivity contribution in [3.8, 4) is 17.0 Å². The number of fused-ring (bicyclic) bond motifs is 10. The average molecular weight is 507 g/mol. The number of hydrogen-bond acceptors (Lipinski definition) is 6. The van der Waals surface area contributed by atoms with Gasteiger partial charge in [0, 0.05) is 40.4 Å². The third-order valence-corrected chi connectivity index (χ3v) is 7.65. The molecule has 5 heterocycles. The highest BCUT2D eigenvalue weighted by molar-refractivity contribution is 5.97. The summed E-state index contributed by atoms with van der Waals surface area (Å²) in [5.41, 5.74) is 2.96. The van der Waals surface area contributed by atoms with E-state index in [0.29, 0.717) is 41.2 Å². The first-order valence-electron chi connectivity index (χ1n) is 13.5. The fraction of sp³-hybridized carbons (Fsp3) is 0.333. The average Bonchev–Trinajstić information content (AvgIpc) is 3.49. The first kappa shape index (κ1) is 19.2. The Morgan fingerprint density at radius 1 is 1.24 bits per heavy atom. The van der Waals surface area contributed by atoms with E-state index in [1.54, 1.807) is 29.8 Å². The molecule has 1 aliphatic carbocycles. The summed E-state index contributed by atoms with van der Waals surface area (Å²) in [6.07, 6.45) is 3.02. The Morgan fingerprint density at radius 2 is 2.11 bits per heavy atom. The summed E-state index contributed by atoms with van der Waals surface area (Å²) in [7, 11) is 0. The highest BCUT2D eigenvalue weighted by atomic mass is 19.3. The van der Waals surface area contributed by atoms with Crippen LogP contribution in [-0.4, -0.2) is 49.0 Å². The summed E-state index contributed by atoms with van der Waals surface area (Å²) in [4.78, 5) is 28.4. The maximum absolute atomic E-state index is 13.6. The van der Waals surface area contributed by atoms with Crippen LogP contribution in [0.1, 0.15) is 69.0 Å². The topological polar surface area (TPSA) is 93.4 Å². The molecule has 1 N–H and O–H groups in total. The lowest BCUT2D eigenvalue weighted by Gasteiger charge is -2.24. The van der Waals surface area contributed by atoms with Crippen LogP contribution in [0.4, 0.5) is 8.78 Å². The van der Waals surface area contributed by atoms with Crippen molar-refractivity contribution in [2.24, 2.45) is 0 Å². The van der Waals surface area contributed by atoms with Gasteiger partial charge in [-0.05, 0) is 55.7 Å². The Balaban J connectivity index is 1.43. The van der Waals surface area contributed by atoms with Crippen molar-refractivity contribution in [1.29, 1.82) is 0 Å². The molecule has 3 aliphatic rings. The molecule has 0 spiro atoms. The van der Waals surface area contributed by atoms with Crippen molar-refractivity contribution in [2.75, 3.05) is 6.98 Å². The normalized spacial score (nSPS) is 25.4. The molecule has 1 amide bonds. The van der Waals surface area contributed by atoms with Crippen LogP contribution in [0.15, 0.2) is 42.6 Å². The minimum absolute atomic E-state index is 0.0136. The Morgan fingerprint density at radius 3 is 2.92 bits per heavy atom. The molecule has 2 bridgehead atoms. The third kappa shape index (κ3) is 3.14. The van der Waals surface area contributed by atoms with Crippen molar-refractivity contribution < 1.29 is 27.5 Å². The van der Waals surface area contributed by atoms with Crippen LogP contribution in [0.5, 0.6) is 5.75 Å². The highest BCUT2D eigenvalue weighted by Crippen LogP contribution is 2.50. The number of carbonyl (C=O) groups excluding carboxylic acids is 1. The molecule has 1 unspecified atom stereocenters. The predicted molar refractivity (Wildman–Crippen MR) is 129 cm³/mol. The van der Waals surface area contributed by atoms with Crippen molar-refractivity contribution in [3.05, 3.63) is 70.8 Å². The largest absolute Gasteiger partial charge is 0.434 e. The van der Waals surface area contributed by atoms with Gasteiger partial charge in [-0.3, -0.25) is 9.78 Å². The van der Waals surface area contributed by atoms with E-state index in [0.717, 1.165) is 16.0 Å². The van der Waals surface area contributed by atoms with Crippen LogP contribution in [0, 0.1) is 0 Å². The van der Waals surface area contributed by atoms with E-state index in [-0.39, 0.29) is 23.3 Å². The predicted octanol–water partition coefficient (Wildman–Crippen LogP) is 4.37. The van der Waals surface area contributed by atoms with Crippen LogP contribution in [0.3, 0.4) is 0 Å². The van der Waals surface area contributed by atoms with Crippen LogP contribution in [-0.2, 0) is 12.0 Å². The van der Waals surface area contributed by atoms with E-state index in [4.69, 9.17) is 13.8 Å². The number of aliphatic hydroxyl groups is 1. The fourth-order valence-corrected chi connectivity index (χ4v) is 5.95. The lowest BCUT2D eigenvalue weighted by Crippen LogP contribution is -2.30. The zero-order valence-electron chi connectivity index (χ0n) is 22.7. The Hall–Kier alpha value is -3.92. The SMILES string of the molecule is [2H]C([2H])([2H])N1C(=O)c2cccc(OC(F)F)c2[C@H]2C[C@@H]1c1nc3ccc(-c4cnc5c(c4)CCC5(C)O)nc3n12. The molecule has 188 valence electrons. The zero-order chi connectivity index (χ0) is 28.1. The molecule has 0 saturated carbocycles.